The fraction of sp³-hybridized carbons (Fsp3) is 0.400. The second kappa shape index (κ2) is 5.05. The molecule has 1 heterocycles. The molecule has 0 saturated heterocycles. The van der Waals surface area contributed by atoms with Crippen molar-refractivity contribution in [2.24, 2.45) is 0 Å². The Morgan fingerprint density at radius 1 is 1.37 bits per heavy atom. The number of carboxylic acid groups (broad SMARTS) is 1. The maximum Gasteiger partial charge on any atom is 0.335 e. The summed E-state index contributed by atoms with van der Waals surface area (Å²) in [5, 5.41) is 19.4. The van der Waals surface area contributed by atoms with Crippen LogP contribution in [0, 0.1) is 13.8 Å². The van der Waals surface area contributed by atoms with Crippen LogP contribution < -0.4 is 0 Å². The van der Waals surface area contributed by atoms with Crippen molar-refractivity contribution < 1.29 is 15.0 Å². The number of carbonyl (C=O) groups is 1. The molecule has 102 valence electrons. The Hall–Kier alpha value is -1.81. The first-order valence-electron chi connectivity index (χ1n) is 6.47. The first kappa shape index (κ1) is 13.6. The molecule has 2 aromatic rings. The first-order chi connectivity index (χ1) is 9.01. The summed E-state index contributed by atoms with van der Waals surface area (Å²) in [5.74, 6) is -0.889. The molecule has 0 fully saturated rings. The van der Waals surface area contributed by atoms with E-state index in [4.69, 9.17) is 5.11 Å². The molecule has 0 atom stereocenters. The lowest BCUT2D eigenvalue weighted by Crippen LogP contribution is -2.04. The van der Waals surface area contributed by atoms with E-state index in [-0.39, 0.29) is 6.61 Å². The van der Waals surface area contributed by atoms with Gasteiger partial charge in [-0.1, -0.05) is 6.92 Å². The topological polar surface area (TPSA) is 62.5 Å². The average molecular weight is 261 g/mol. The Balaban J connectivity index is 2.86. The van der Waals surface area contributed by atoms with E-state index in [1.54, 1.807) is 6.07 Å². The molecule has 0 aliphatic carbocycles. The summed E-state index contributed by atoms with van der Waals surface area (Å²) in [4.78, 5) is 11.3. The number of hydrogen-bond donors (Lipinski definition) is 2. The zero-order valence-corrected chi connectivity index (χ0v) is 11.5. The minimum atomic E-state index is -0.889. The third-order valence-corrected chi connectivity index (χ3v) is 3.62. The predicted octanol–water partition coefficient (Wildman–Crippen LogP) is 2.51. The van der Waals surface area contributed by atoms with Gasteiger partial charge in [0.1, 0.15) is 0 Å². The maximum atomic E-state index is 11.3. The van der Waals surface area contributed by atoms with Crippen LogP contribution in [0.5, 0.6) is 0 Å². The van der Waals surface area contributed by atoms with Gasteiger partial charge >= 0.3 is 5.97 Å². The van der Waals surface area contributed by atoms with E-state index in [9.17, 15) is 9.90 Å². The van der Waals surface area contributed by atoms with E-state index in [2.05, 4.69) is 6.92 Å². The number of aromatic carboxylic acids is 1. The second-order valence-corrected chi connectivity index (χ2v) is 4.82. The van der Waals surface area contributed by atoms with Crippen LogP contribution in [0.4, 0.5) is 0 Å². The summed E-state index contributed by atoms with van der Waals surface area (Å²) < 4.78 is 2.02. The Kier molecular flexibility index (Phi) is 3.62. The number of aliphatic hydroxyl groups is 1. The molecule has 0 amide bonds. The molecule has 0 radical (unpaired) electrons. The van der Waals surface area contributed by atoms with E-state index >= 15 is 0 Å². The number of rotatable bonds is 4. The maximum absolute atomic E-state index is 11.3. The lowest BCUT2D eigenvalue weighted by Gasteiger charge is -2.10. The van der Waals surface area contributed by atoms with Gasteiger partial charge in [-0.05, 0) is 43.0 Å². The van der Waals surface area contributed by atoms with Gasteiger partial charge in [0.05, 0.1) is 17.7 Å². The van der Waals surface area contributed by atoms with Gasteiger partial charge in [0.25, 0.3) is 0 Å². The Labute approximate surface area is 112 Å². The van der Waals surface area contributed by atoms with Gasteiger partial charge in [0.15, 0.2) is 0 Å². The van der Waals surface area contributed by atoms with Crippen molar-refractivity contribution in [2.45, 2.75) is 33.7 Å². The summed E-state index contributed by atoms with van der Waals surface area (Å²) in [6, 6.07) is 1.72. The molecule has 0 unspecified atom stereocenters. The molecule has 4 nitrogen and oxygen atoms in total. The van der Waals surface area contributed by atoms with Crippen LogP contribution in [-0.2, 0) is 13.0 Å². The smallest absolute Gasteiger partial charge is 0.335 e. The highest BCUT2D eigenvalue weighted by molar-refractivity contribution is 5.99. The van der Waals surface area contributed by atoms with Crippen LogP contribution in [0.25, 0.3) is 10.9 Å². The molecule has 2 rings (SSSR count). The van der Waals surface area contributed by atoms with Crippen molar-refractivity contribution in [3.05, 3.63) is 34.5 Å². The number of hydrogen-bond acceptors (Lipinski definition) is 2. The summed E-state index contributed by atoms with van der Waals surface area (Å²) in [6.07, 6.45) is 2.87. The van der Waals surface area contributed by atoms with Gasteiger partial charge in [-0.2, -0.15) is 0 Å². The molecular formula is C15H19NO3. The van der Waals surface area contributed by atoms with Crippen LogP contribution in [0.1, 0.15) is 34.0 Å². The third kappa shape index (κ3) is 2.12. The summed E-state index contributed by atoms with van der Waals surface area (Å²) in [5.41, 5.74) is 4.27. The second-order valence-electron chi connectivity index (χ2n) is 4.82. The number of nitrogens with zero attached hydrogens (tertiary/aromatic N) is 1. The Morgan fingerprint density at radius 2 is 2.05 bits per heavy atom. The molecule has 0 aliphatic heterocycles. The number of aromatic nitrogens is 1. The van der Waals surface area contributed by atoms with Crippen molar-refractivity contribution in [3.63, 3.8) is 0 Å². The summed E-state index contributed by atoms with van der Waals surface area (Å²) in [6.45, 7) is 6.44. The average Bonchev–Trinajstić information content (AvgIpc) is 2.73. The van der Waals surface area contributed by atoms with Gasteiger partial charge < -0.3 is 14.8 Å². The molecule has 4 heteroatoms. The minimum Gasteiger partial charge on any atom is -0.478 e. The third-order valence-electron chi connectivity index (χ3n) is 3.62. The zero-order valence-electron chi connectivity index (χ0n) is 11.5. The first-order valence-corrected chi connectivity index (χ1v) is 6.47. The molecular weight excluding hydrogens is 242 g/mol. The van der Waals surface area contributed by atoms with Crippen LogP contribution >= 0.6 is 0 Å². The molecule has 1 aromatic heterocycles. The molecule has 0 saturated carbocycles. The van der Waals surface area contributed by atoms with Crippen LogP contribution in [0.2, 0.25) is 0 Å². The van der Waals surface area contributed by atoms with Crippen molar-refractivity contribution in [1.82, 2.24) is 4.57 Å². The Morgan fingerprint density at radius 3 is 2.58 bits per heavy atom. The normalized spacial score (nSPS) is 11.2. The highest BCUT2D eigenvalue weighted by Gasteiger charge is 2.17. The van der Waals surface area contributed by atoms with Gasteiger partial charge in [0, 0.05) is 18.1 Å². The number of carboxylic acids is 1. The lowest BCUT2D eigenvalue weighted by molar-refractivity contribution is 0.0696. The van der Waals surface area contributed by atoms with E-state index in [0.717, 1.165) is 34.0 Å². The molecule has 1 aromatic carbocycles. The highest BCUT2D eigenvalue weighted by Crippen LogP contribution is 2.30. The SMILES string of the molecule is CCc1cn(CCO)c2c(C)cc(C(=O)O)c(C)c12. The molecule has 2 N–H and O–H groups in total. The van der Waals surface area contributed by atoms with Gasteiger partial charge in [-0.15, -0.1) is 0 Å². The number of aryl methyl sites for hydroxylation is 3. The van der Waals surface area contributed by atoms with Crippen LogP contribution in [0.3, 0.4) is 0 Å². The van der Waals surface area contributed by atoms with Crippen molar-refractivity contribution in [3.8, 4) is 0 Å². The van der Waals surface area contributed by atoms with Crippen LogP contribution in [0.15, 0.2) is 12.3 Å². The van der Waals surface area contributed by atoms with Gasteiger partial charge in [-0.3, -0.25) is 0 Å². The van der Waals surface area contributed by atoms with Crippen molar-refractivity contribution in [2.75, 3.05) is 6.61 Å². The quantitative estimate of drug-likeness (QED) is 0.889. The molecule has 0 aliphatic rings. The van der Waals surface area contributed by atoms with Gasteiger partial charge in [-0.25, -0.2) is 4.79 Å². The van der Waals surface area contributed by atoms with E-state index in [1.807, 2.05) is 24.6 Å². The highest BCUT2D eigenvalue weighted by atomic mass is 16.4. The van der Waals surface area contributed by atoms with E-state index < -0.39 is 5.97 Å². The van der Waals surface area contributed by atoms with Gasteiger partial charge in [0.2, 0.25) is 0 Å². The molecule has 0 bridgehead atoms. The van der Waals surface area contributed by atoms with Crippen molar-refractivity contribution in [1.29, 1.82) is 0 Å². The summed E-state index contributed by atoms with van der Waals surface area (Å²) >= 11 is 0. The fourth-order valence-corrected chi connectivity index (χ4v) is 2.76. The van der Waals surface area contributed by atoms with Crippen molar-refractivity contribution >= 4 is 16.9 Å². The number of fused-ring (bicyclic) bond motifs is 1. The number of aliphatic hydroxyl groups excluding tert-OH is 1. The standard InChI is InChI=1S/C15H19NO3/c1-4-11-8-16(5-6-17)14-9(2)7-12(15(18)19)10(3)13(11)14/h7-8,17H,4-6H2,1-3H3,(H,18,19). The fourth-order valence-electron chi connectivity index (χ4n) is 2.76. The Bertz CT molecular complexity index is 641. The largest absolute Gasteiger partial charge is 0.478 e. The van der Waals surface area contributed by atoms with Crippen LogP contribution in [-0.4, -0.2) is 27.4 Å². The predicted molar refractivity (Wildman–Crippen MR) is 74.8 cm³/mol. The van der Waals surface area contributed by atoms with E-state index in [0.29, 0.717) is 12.1 Å². The number of benzene rings is 1. The zero-order chi connectivity index (χ0) is 14.2. The molecule has 0 spiro atoms. The lowest BCUT2D eigenvalue weighted by atomic mass is 9.97. The van der Waals surface area contributed by atoms with E-state index in [1.165, 1.54) is 0 Å². The minimum absolute atomic E-state index is 0.0755. The molecule has 19 heavy (non-hydrogen) atoms. The summed E-state index contributed by atoms with van der Waals surface area (Å²) in [7, 11) is 0. The monoisotopic (exact) mass is 261 g/mol.